The average molecular weight is 290 g/mol. The number of hydrogen-bond donors (Lipinski definition) is 1. The van der Waals surface area contributed by atoms with E-state index in [0.29, 0.717) is 5.25 Å². The maximum atomic E-state index is 9.39. The van der Waals surface area contributed by atoms with Gasteiger partial charge in [-0.05, 0) is 63.4 Å². The Hall–Kier alpha value is -0.980. The zero-order chi connectivity index (χ0) is 15.2. The van der Waals surface area contributed by atoms with Crippen LogP contribution in [0, 0.1) is 25.2 Å². The van der Waals surface area contributed by atoms with Crippen molar-refractivity contribution in [3.8, 4) is 6.07 Å². The number of nitrogens with zero attached hydrogens (tertiary/aromatic N) is 1. The largest absolute Gasteiger partial charge is 0.300 e. The van der Waals surface area contributed by atoms with Crippen molar-refractivity contribution in [3.63, 3.8) is 0 Å². The quantitative estimate of drug-likeness (QED) is 0.753. The Bertz CT molecular complexity index is 478. The molecular formula is C17H26N2S. The van der Waals surface area contributed by atoms with Gasteiger partial charge in [-0.15, -0.1) is 11.8 Å². The van der Waals surface area contributed by atoms with Crippen molar-refractivity contribution in [2.45, 2.75) is 63.1 Å². The summed E-state index contributed by atoms with van der Waals surface area (Å²) in [5.41, 5.74) is 2.23. The zero-order valence-corrected chi connectivity index (χ0v) is 14.1. The number of hydrogen-bond acceptors (Lipinski definition) is 3. The van der Waals surface area contributed by atoms with Crippen LogP contribution in [0.15, 0.2) is 23.1 Å². The number of aryl methyl sites for hydroxylation is 2. The topological polar surface area (TPSA) is 35.8 Å². The average Bonchev–Trinajstić information content (AvgIpc) is 2.40. The van der Waals surface area contributed by atoms with Gasteiger partial charge >= 0.3 is 0 Å². The SMILES string of the molecule is CCCNC(C)(C#N)CC(C)Sc1ccc(C)c(C)c1. The minimum Gasteiger partial charge on any atom is -0.300 e. The van der Waals surface area contributed by atoms with Crippen molar-refractivity contribution >= 4 is 11.8 Å². The Morgan fingerprint density at radius 1 is 1.35 bits per heavy atom. The van der Waals surface area contributed by atoms with E-state index in [-0.39, 0.29) is 0 Å². The van der Waals surface area contributed by atoms with Crippen LogP contribution in [0.4, 0.5) is 0 Å². The van der Waals surface area contributed by atoms with Gasteiger partial charge in [0.05, 0.1) is 6.07 Å². The third-order valence-corrected chi connectivity index (χ3v) is 4.62. The van der Waals surface area contributed by atoms with E-state index in [1.807, 2.05) is 18.7 Å². The van der Waals surface area contributed by atoms with Crippen LogP contribution in [-0.4, -0.2) is 17.3 Å². The molecule has 0 saturated carbocycles. The van der Waals surface area contributed by atoms with Gasteiger partial charge in [0.15, 0.2) is 0 Å². The molecule has 110 valence electrons. The summed E-state index contributed by atoms with van der Waals surface area (Å²) < 4.78 is 0. The highest BCUT2D eigenvalue weighted by Crippen LogP contribution is 2.29. The van der Waals surface area contributed by atoms with Gasteiger partial charge in [-0.1, -0.05) is 19.9 Å². The molecule has 2 nitrogen and oxygen atoms in total. The Morgan fingerprint density at radius 2 is 2.05 bits per heavy atom. The van der Waals surface area contributed by atoms with E-state index in [1.165, 1.54) is 16.0 Å². The smallest absolute Gasteiger partial charge is 0.104 e. The molecule has 2 atom stereocenters. The normalized spacial score (nSPS) is 15.4. The van der Waals surface area contributed by atoms with Crippen LogP contribution in [-0.2, 0) is 0 Å². The lowest BCUT2D eigenvalue weighted by Crippen LogP contribution is -2.43. The molecular weight excluding hydrogens is 264 g/mol. The van der Waals surface area contributed by atoms with Gasteiger partial charge in [0.1, 0.15) is 5.54 Å². The van der Waals surface area contributed by atoms with E-state index in [2.05, 4.69) is 57.3 Å². The second-order valence-corrected chi connectivity index (χ2v) is 7.26. The molecule has 0 aliphatic carbocycles. The van der Waals surface area contributed by atoms with Crippen molar-refractivity contribution in [2.75, 3.05) is 6.54 Å². The first-order chi connectivity index (χ1) is 9.40. The summed E-state index contributed by atoms with van der Waals surface area (Å²) in [5.74, 6) is 0. The molecule has 0 bridgehead atoms. The van der Waals surface area contributed by atoms with Crippen molar-refractivity contribution in [1.29, 1.82) is 5.26 Å². The van der Waals surface area contributed by atoms with Gasteiger partial charge in [-0.2, -0.15) is 5.26 Å². The molecule has 0 aliphatic heterocycles. The Morgan fingerprint density at radius 3 is 2.60 bits per heavy atom. The molecule has 0 heterocycles. The number of rotatable bonds is 7. The molecule has 2 unspecified atom stereocenters. The van der Waals surface area contributed by atoms with E-state index < -0.39 is 5.54 Å². The molecule has 3 heteroatoms. The number of thioether (sulfide) groups is 1. The third-order valence-electron chi connectivity index (χ3n) is 3.52. The summed E-state index contributed by atoms with van der Waals surface area (Å²) in [4.78, 5) is 1.29. The molecule has 0 radical (unpaired) electrons. The number of nitriles is 1. The van der Waals surface area contributed by atoms with E-state index in [0.717, 1.165) is 19.4 Å². The van der Waals surface area contributed by atoms with E-state index in [1.54, 1.807) is 0 Å². The molecule has 0 spiro atoms. The van der Waals surface area contributed by atoms with Crippen LogP contribution in [0.2, 0.25) is 0 Å². The molecule has 1 rings (SSSR count). The maximum absolute atomic E-state index is 9.39. The fourth-order valence-electron chi connectivity index (χ4n) is 2.19. The van der Waals surface area contributed by atoms with Crippen molar-refractivity contribution in [3.05, 3.63) is 29.3 Å². The third kappa shape index (κ3) is 5.19. The van der Waals surface area contributed by atoms with E-state index in [9.17, 15) is 5.26 Å². The molecule has 0 aliphatic rings. The standard InChI is InChI=1S/C17H26N2S/c1-6-9-19-17(5,12-18)11-15(4)20-16-8-7-13(2)14(3)10-16/h7-8,10,15,19H,6,9,11H2,1-5H3. The van der Waals surface area contributed by atoms with Crippen LogP contribution in [0.5, 0.6) is 0 Å². The van der Waals surface area contributed by atoms with E-state index >= 15 is 0 Å². The number of benzene rings is 1. The van der Waals surface area contributed by atoms with Gasteiger partial charge in [-0.3, -0.25) is 5.32 Å². The second-order valence-electron chi connectivity index (χ2n) is 5.75. The molecule has 0 saturated heterocycles. The fraction of sp³-hybridized carbons (Fsp3) is 0.588. The monoisotopic (exact) mass is 290 g/mol. The van der Waals surface area contributed by atoms with Crippen LogP contribution in [0.3, 0.4) is 0 Å². The first-order valence-corrected chi connectivity index (χ1v) is 8.18. The minimum atomic E-state index is -0.428. The summed E-state index contributed by atoms with van der Waals surface area (Å²) in [6, 6.07) is 9.00. The maximum Gasteiger partial charge on any atom is 0.104 e. The molecule has 0 aromatic heterocycles. The lowest BCUT2D eigenvalue weighted by Gasteiger charge is -2.26. The van der Waals surface area contributed by atoms with Gasteiger partial charge in [-0.25, -0.2) is 0 Å². The first-order valence-electron chi connectivity index (χ1n) is 7.30. The molecule has 0 fully saturated rings. The molecule has 20 heavy (non-hydrogen) atoms. The lowest BCUT2D eigenvalue weighted by molar-refractivity contribution is 0.418. The van der Waals surface area contributed by atoms with Crippen LogP contribution in [0.25, 0.3) is 0 Å². The first kappa shape index (κ1) is 17.1. The van der Waals surface area contributed by atoms with Crippen molar-refractivity contribution in [1.82, 2.24) is 5.32 Å². The fourth-order valence-corrected chi connectivity index (χ4v) is 3.47. The van der Waals surface area contributed by atoms with Gasteiger partial charge < -0.3 is 0 Å². The van der Waals surface area contributed by atoms with Crippen molar-refractivity contribution in [2.24, 2.45) is 0 Å². The van der Waals surface area contributed by atoms with Crippen LogP contribution >= 0.6 is 11.8 Å². The molecule has 1 aromatic carbocycles. The van der Waals surface area contributed by atoms with Crippen LogP contribution in [0.1, 0.15) is 44.7 Å². The predicted octanol–water partition coefficient (Wildman–Crippen LogP) is 4.46. The Balaban J connectivity index is 2.64. The van der Waals surface area contributed by atoms with Crippen molar-refractivity contribution < 1.29 is 0 Å². The van der Waals surface area contributed by atoms with Gasteiger partial charge in [0.2, 0.25) is 0 Å². The molecule has 0 amide bonds. The second kappa shape index (κ2) is 7.71. The Labute approximate surface area is 128 Å². The Kier molecular flexibility index (Phi) is 6.58. The van der Waals surface area contributed by atoms with Gasteiger partial charge in [0.25, 0.3) is 0 Å². The summed E-state index contributed by atoms with van der Waals surface area (Å²) in [6.45, 7) is 11.5. The van der Waals surface area contributed by atoms with E-state index in [4.69, 9.17) is 0 Å². The minimum absolute atomic E-state index is 0.408. The summed E-state index contributed by atoms with van der Waals surface area (Å²) >= 11 is 1.85. The zero-order valence-electron chi connectivity index (χ0n) is 13.3. The lowest BCUT2D eigenvalue weighted by atomic mass is 9.98. The predicted molar refractivity (Wildman–Crippen MR) is 88.2 cm³/mol. The highest BCUT2D eigenvalue weighted by atomic mass is 32.2. The number of nitrogens with one attached hydrogen (secondary N) is 1. The highest BCUT2D eigenvalue weighted by molar-refractivity contribution is 7.99. The molecule has 1 aromatic rings. The summed E-state index contributed by atoms with van der Waals surface area (Å²) in [7, 11) is 0. The highest BCUT2D eigenvalue weighted by Gasteiger charge is 2.25. The van der Waals surface area contributed by atoms with Gasteiger partial charge in [0, 0.05) is 10.1 Å². The molecule has 1 N–H and O–H groups in total. The summed E-state index contributed by atoms with van der Waals surface area (Å²) in [5, 5.41) is 13.2. The van der Waals surface area contributed by atoms with Crippen LogP contribution < -0.4 is 5.32 Å². The summed E-state index contributed by atoms with van der Waals surface area (Å²) in [6.07, 6.45) is 1.90.